The van der Waals surface area contributed by atoms with E-state index in [2.05, 4.69) is 44.3 Å². The van der Waals surface area contributed by atoms with Crippen molar-refractivity contribution in [3.63, 3.8) is 0 Å². The molecule has 112 valence electrons. The standard InChI is InChI=1S/C19H25NO/c1-4-20-17(14-21-18-11-6-5-7-12-18)13-19-15(2)9-8-10-16(19)3/h5-12,17,20H,4,13-14H2,1-3H3. The van der Waals surface area contributed by atoms with Crippen LogP contribution in [0.25, 0.3) is 0 Å². The molecular weight excluding hydrogens is 258 g/mol. The fourth-order valence-corrected chi connectivity index (χ4v) is 2.61. The first-order valence-corrected chi connectivity index (χ1v) is 7.67. The molecule has 2 nitrogen and oxygen atoms in total. The smallest absolute Gasteiger partial charge is 0.119 e. The van der Waals surface area contributed by atoms with E-state index in [-0.39, 0.29) is 0 Å². The highest BCUT2D eigenvalue weighted by atomic mass is 16.5. The van der Waals surface area contributed by atoms with Crippen LogP contribution in [0.3, 0.4) is 0 Å². The lowest BCUT2D eigenvalue weighted by atomic mass is 9.96. The maximum atomic E-state index is 5.91. The largest absolute Gasteiger partial charge is 0.492 e. The van der Waals surface area contributed by atoms with E-state index in [0.29, 0.717) is 12.6 Å². The van der Waals surface area contributed by atoms with Crippen LogP contribution in [-0.2, 0) is 6.42 Å². The van der Waals surface area contributed by atoms with Crippen molar-refractivity contribution in [3.05, 3.63) is 65.2 Å². The van der Waals surface area contributed by atoms with Gasteiger partial charge in [0.05, 0.1) is 0 Å². The van der Waals surface area contributed by atoms with Gasteiger partial charge in [0.1, 0.15) is 12.4 Å². The average Bonchev–Trinajstić information content (AvgIpc) is 2.49. The number of likely N-dealkylation sites (N-methyl/N-ethyl adjacent to an activating group) is 1. The topological polar surface area (TPSA) is 21.3 Å². The molecule has 1 unspecified atom stereocenters. The molecule has 2 rings (SSSR count). The maximum Gasteiger partial charge on any atom is 0.119 e. The minimum atomic E-state index is 0.329. The van der Waals surface area contributed by atoms with Gasteiger partial charge in [-0.15, -0.1) is 0 Å². The molecule has 0 saturated carbocycles. The van der Waals surface area contributed by atoms with Crippen LogP contribution in [0.1, 0.15) is 23.6 Å². The summed E-state index contributed by atoms with van der Waals surface area (Å²) in [6, 6.07) is 16.8. The number of nitrogens with one attached hydrogen (secondary N) is 1. The van der Waals surface area contributed by atoms with Crippen molar-refractivity contribution in [2.45, 2.75) is 33.2 Å². The SMILES string of the molecule is CCNC(COc1ccccc1)Cc1c(C)cccc1C. The lowest BCUT2D eigenvalue weighted by Crippen LogP contribution is -2.36. The van der Waals surface area contributed by atoms with Crippen LogP contribution in [0.4, 0.5) is 0 Å². The van der Waals surface area contributed by atoms with Crippen LogP contribution in [-0.4, -0.2) is 19.2 Å². The summed E-state index contributed by atoms with van der Waals surface area (Å²) in [7, 11) is 0. The van der Waals surface area contributed by atoms with E-state index < -0.39 is 0 Å². The van der Waals surface area contributed by atoms with Gasteiger partial charge in [-0.1, -0.05) is 43.3 Å². The molecule has 0 amide bonds. The number of rotatable bonds is 7. The Labute approximate surface area is 128 Å². The Morgan fingerprint density at radius 2 is 1.62 bits per heavy atom. The van der Waals surface area contributed by atoms with Crippen LogP contribution in [0.15, 0.2) is 48.5 Å². The zero-order valence-corrected chi connectivity index (χ0v) is 13.2. The monoisotopic (exact) mass is 283 g/mol. The molecule has 1 N–H and O–H groups in total. The van der Waals surface area contributed by atoms with Gasteiger partial charge in [-0.3, -0.25) is 0 Å². The summed E-state index contributed by atoms with van der Waals surface area (Å²) in [6.45, 7) is 8.15. The molecule has 2 aromatic rings. The van der Waals surface area contributed by atoms with Crippen LogP contribution in [0.2, 0.25) is 0 Å². The minimum Gasteiger partial charge on any atom is -0.492 e. The third-order valence-electron chi connectivity index (χ3n) is 3.78. The highest BCUT2D eigenvalue weighted by Crippen LogP contribution is 2.16. The fourth-order valence-electron chi connectivity index (χ4n) is 2.61. The number of para-hydroxylation sites is 1. The number of hydrogen-bond donors (Lipinski definition) is 1. The van der Waals surface area contributed by atoms with Crippen molar-refractivity contribution >= 4 is 0 Å². The highest BCUT2D eigenvalue weighted by molar-refractivity contribution is 5.34. The van der Waals surface area contributed by atoms with Crippen LogP contribution in [0.5, 0.6) is 5.75 Å². The second-order valence-corrected chi connectivity index (χ2v) is 5.45. The molecule has 0 heterocycles. The molecule has 0 fully saturated rings. The number of benzene rings is 2. The summed E-state index contributed by atoms with van der Waals surface area (Å²) in [4.78, 5) is 0. The lowest BCUT2D eigenvalue weighted by molar-refractivity contribution is 0.264. The molecular formula is C19H25NO. The first kappa shape index (κ1) is 15.6. The van der Waals surface area contributed by atoms with Crippen molar-refractivity contribution in [2.75, 3.05) is 13.2 Å². The number of hydrogen-bond acceptors (Lipinski definition) is 2. The Bertz CT molecular complexity index is 530. The molecule has 0 saturated heterocycles. The number of aryl methyl sites for hydroxylation is 2. The summed E-state index contributed by atoms with van der Waals surface area (Å²) in [6.07, 6.45) is 0.999. The molecule has 0 bridgehead atoms. The third kappa shape index (κ3) is 4.61. The summed E-state index contributed by atoms with van der Waals surface area (Å²) in [5.41, 5.74) is 4.15. The van der Waals surface area contributed by atoms with Gasteiger partial charge in [-0.2, -0.15) is 0 Å². The first-order valence-electron chi connectivity index (χ1n) is 7.67. The molecule has 21 heavy (non-hydrogen) atoms. The normalized spacial score (nSPS) is 12.1. The van der Waals surface area contributed by atoms with Gasteiger partial charge in [-0.05, 0) is 55.6 Å². The minimum absolute atomic E-state index is 0.329. The zero-order valence-electron chi connectivity index (χ0n) is 13.2. The van der Waals surface area contributed by atoms with Crippen molar-refractivity contribution in [2.24, 2.45) is 0 Å². The second-order valence-electron chi connectivity index (χ2n) is 5.45. The molecule has 0 aliphatic carbocycles. The molecule has 1 atom stereocenters. The predicted molar refractivity (Wildman–Crippen MR) is 89.0 cm³/mol. The quantitative estimate of drug-likeness (QED) is 0.832. The molecule has 0 aliphatic rings. The Hall–Kier alpha value is -1.80. The van der Waals surface area contributed by atoms with E-state index in [9.17, 15) is 0 Å². The summed E-state index contributed by atoms with van der Waals surface area (Å²) >= 11 is 0. The van der Waals surface area contributed by atoms with Gasteiger partial charge in [0.25, 0.3) is 0 Å². The van der Waals surface area contributed by atoms with Gasteiger partial charge in [-0.25, -0.2) is 0 Å². The average molecular weight is 283 g/mol. The summed E-state index contributed by atoms with van der Waals surface area (Å²) in [5, 5.41) is 3.53. The van der Waals surface area contributed by atoms with E-state index in [1.165, 1.54) is 16.7 Å². The number of ether oxygens (including phenoxy) is 1. The fraction of sp³-hybridized carbons (Fsp3) is 0.368. The van der Waals surface area contributed by atoms with Crippen molar-refractivity contribution < 1.29 is 4.74 Å². The van der Waals surface area contributed by atoms with E-state index in [4.69, 9.17) is 4.74 Å². The molecule has 2 heteroatoms. The Morgan fingerprint density at radius 1 is 0.952 bits per heavy atom. The van der Waals surface area contributed by atoms with E-state index >= 15 is 0 Å². The molecule has 2 aromatic carbocycles. The van der Waals surface area contributed by atoms with Crippen LogP contribution in [0, 0.1) is 13.8 Å². The molecule has 0 radical (unpaired) electrons. The molecule has 0 aliphatic heterocycles. The predicted octanol–water partition coefficient (Wildman–Crippen LogP) is 3.90. The van der Waals surface area contributed by atoms with Crippen molar-refractivity contribution in [1.29, 1.82) is 0 Å². The van der Waals surface area contributed by atoms with E-state index in [0.717, 1.165) is 18.7 Å². The van der Waals surface area contributed by atoms with Gasteiger partial charge >= 0.3 is 0 Å². The zero-order chi connectivity index (χ0) is 15.1. The summed E-state index contributed by atoms with van der Waals surface area (Å²) in [5.74, 6) is 0.932. The highest BCUT2D eigenvalue weighted by Gasteiger charge is 2.12. The van der Waals surface area contributed by atoms with Gasteiger partial charge in [0.2, 0.25) is 0 Å². The van der Waals surface area contributed by atoms with Gasteiger partial charge < -0.3 is 10.1 Å². The lowest BCUT2D eigenvalue weighted by Gasteiger charge is -2.21. The second kappa shape index (κ2) is 7.84. The Balaban J connectivity index is 2.02. The Morgan fingerprint density at radius 3 is 2.24 bits per heavy atom. The van der Waals surface area contributed by atoms with Gasteiger partial charge in [0.15, 0.2) is 0 Å². The third-order valence-corrected chi connectivity index (χ3v) is 3.78. The van der Waals surface area contributed by atoms with Crippen molar-refractivity contribution in [1.82, 2.24) is 5.32 Å². The first-order chi connectivity index (χ1) is 10.2. The molecule has 0 spiro atoms. The van der Waals surface area contributed by atoms with E-state index in [1.807, 2.05) is 30.3 Å². The summed E-state index contributed by atoms with van der Waals surface area (Å²) < 4.78 is 5.91. The maximum absolute atomic E-state index is 5.91. The van der Waals surface area contributed by atoms with E-state index in [1.54, 1.807) is 0 Å². The van der Waals surface area contributed by atoms with Crippen molar-refractivity contribution in [3.8, 4) is 5.75 Å². The Kier molecular flexibility index (Phi) is 5.82. The molecule has 0 aromatic heterocycles. The van der Waals surface area contributed by atoms with Crippen LogP contribution < -0.4 is 10.1 Å². The van der Waals surface area contributed by atoms with Crippen LogP contribution >= 0.6 is 0 Å². The van der Waals surface area contributed by atoms with Gasteiger partial charge in [0, 0.05) is 6.04 Å².